The van der Waals surface area contributed by atoms with Crippen molar-refractivity contribution < 1.29 is 17.5 Å². The van der Waals surface area contributed by atoms with Crippen molar-refractivity contribution in [2.45, 2.75) is 24.8 Å². The normalized spacial score (nSPS) is 13.0. The molecule has 2 aromatic carbocycles. The van der Waals surface area contributed by atoms with Crippen molar-refractivity contribution in [1.82, 2.24) is 4.90 Å². The van der Waals surface area contributed by atoms with Crippen LogP contribution in [-0.2, 0) is 10.0 Å². The molecular formula is C18H23FN2O3S. The van der Waals surface area contributed by atoms with E-state index >= 15 is 0 Å². The van der Waals surface area contributed by atoms with E-state index in [9.17, 15) is 12.8 Å². The minimum Gasteiger partial charge on any atom is -0.492 e. The third kappa shape index (κ3) is 5.52. The van der Waals surface area contributed by atoms with Crippen LogP contribution in [0.3, 0.4) is 0 Å². The summed E-state index contributed by atoms with van der Waals surface area (Å²) in [4.78, 5) is 2.27. The zero-order valence-electron chi connectivity index (χ0n) is 14.4. The van der Waals surface area contributed by atoms with Crippen molar-refractivity contribution >= 4 is 10.0 Å². The molecule has 25 heavy (non-hydrogen) atoms. The minimum absolute atomic E-state index is 0.0555. The first-order chi connectivity index (χ1) is 11.8. The Morgan fingerprint density at radius 2 is 1.72 bits per heavy atom. The Balaban J connectivity index is 1.91. The minimum atomic E-state index is -3.69. The SMILES string of the molecule is CCN(CCOc1ccc(S(N)(=O)=O)cc1)C(C)c1ccc(F)cc1. The number of rotatable bonds is 8. The van der Waals surface area contributed by atoms with Crippen LogP contribution in [0, 0.1) is 5.82 Å². The maximum absolute atomic E-state index is 13.0. The van der Waals surface area contributed by atoms with Crippen LogP contribution in [-0.4, -0.2) is 33.0 Å². The fraction of sp³-hybridized carbons (Fsp3) is 0.333. The van der Waals surface area contributed by atoms with E-state index in [2.05, 4.69) is 18.7 Å². The van der Waals surface area contributed by atoms with Crippen molar-refractivity contribution in [3.8, 4) is 5.75 Å². The summed E-state index contributed by atoms with van der Waals surface area (Å²) in [5.41, 5.74) is 1.04. The lowest BCUT2D eigenvalue weighted by atomic mass is 10.1. The molecule has 0 bridgehead atoms. The van der Waals surface area contributed by atoms with Gasteiger partial charge in [0.05, 0.1) is 4.90 Å². The van der Waals surface area contributed by atoms with Gasteiger partial charge in [-0.25, -0.2) is 17.9 Å². The van der Waals surface area contributed by atoms with Gasteiger partial charge in [-0.3, -0.25) is 4.90 Å². The average molecular weight is 366 g/mol. The smallest absolute Gasteiger partial charge is 0.238 e. The molecule has 0 fully saturated rings. The Hall–Kier alpha value is -1.96. The summed E-state index contributed by atoms with van der Waals surface area (Å²) in [5.74, 6) is 0.336. The van der Waals surface area contributed by atoms with Crippen LogP contribution in [0.2, 0.25) is 0 Å². The molecule has 2 rings (SSSR count). The number of primary sulfonamides is 1. The Kier molecular flexibility index (Phi) is 6.52. The summed E-state index contributed by atoms with van der Waals surface area (Å²) in [6.45, 7) is 6.09. The highest BCUT2D eigenvalue weighted by Crippen LogP contribution is 2.20. The Morgan fingerprint density at radius 3 is 2.24 bits per heavy atom. The molecule has 0 amide bonds. The van der Waals surface area contributed by atoms with Crippen LogP contribution in [0.25, 0.3) is 0 Å². The summed E-state index contributed by atoms with van der Waals surface area (Å²) in [7, 11) is -3.69. The van der Waals surface area contributed by atoms with Crippen LogP contribution in [0.1, 0.15) is 25.5 Å². The number of nitrogens with two attached hydrogens (primary N) is 1. The number of benzene rings is 2. The zero-order chi connectivity index (χ0) is 18.4. The summed E-state index contributed by atoms with van der Waals surface area (Å²) in [6, 6.07) is 12.6. The van der Waals surface area contributed by atoms with Gasteiger partial charge in [-0.15, -0.1) is 0 Å². The van der Waals surface area contributed by atoms with Crippen LogP contribution in [0.15, 0.2) is 53.4 Å². The number of halogens is 1. The Bertz CT molecular complexity index is 777. The zero-order valence-corrected chi connectivity index (χ0v) is 15.2. The first-order valence-corrected chi connectivity index (χ1v) is 9.61. The number of likely N-dealkylation sites (N-methyl/N-ethyl adjacent to an activating group) is 1. The van der Waals surface area contributed by atoms with Crippen LogP contribution in [0.4, 0.5) is 4.39 Å². The molecule has 136 valence electrons. The van der Waals surface area contributed by atoms with Crippen molar-refractivity contribution in [2.75, 3.05) is 19.7 Å². The second-order valence-electron chi connectivity index (χ2n) is 5.72. The molecule has 5 nitrogen and oxygen atoms in total. The number of nitrogens with zero attached hydrogens (tertiary/aromatic N) is 1. The number of hydrogen-bond acceptors (Lipinski definition) is 4. The highest BCUT2D eigenvalue weighted by atomic mass is 32.2. The van der Waals surface area contributed by atoms with Gasteiger partial charge in [-0.1, -0.05) is 19.1 Å². The topological polar surface area (TPSA) is 72.6 Å². The van der Waals surface area contributed by atoms with E-state index in [1.54, 1.807) is 24.3 Å². The molecule has 0 heterocycles. The number of hydrogen-bond donors (Lipinski definition) is 1. The van der Waals surface area contributed by atoms with E-state index in [0.717, 1.165) is 12.1 Å². The maximum atomic E-state index is 13.0. The van der Waals surface area contributed by atoms with Crippen molar-refractivity contribution in [1.29, 1.82) is 0 Å². The van der Waals surface area contributed by atoms with Gasteiger partial charge in [0.15, 0.2) is 0 Å². The maximum Gasteiger partial charge on any atom is 0.238 e. The lowest BCUT2D eigenvalue weighted by Crippen LogP contribution is -2.31. The third-order valence-corrected chi connectivity index (χ3v) is 5.04. The standard InChI is InChI=1S/C18H23FN2O3S/c1-3-21(14(2)15-4-6-16(19)7-5-15)12-13-24-17-8-10-18(11-9-17)25(20,22)23/h4-11,14H,3,12-13H2,1-2H3,(H2,20,22,23). The van der Waals surface area contributed by atoms with Crippen LogP contribution in [0.5, 0.6) is 5.75 Å². The van der Waals surface area contributed by atoms with E-state index in [0.29, 0.717) is 18.9 Å². The number of sulfonamides is 1. The summed E-state index contributed by atoms with van der Waals surface area (Å²) >= 11 is 0. The molecule has 7 heteroatoms. The number of ether oxygens (including phenoxy) is 1. The quantitative estimate of drug-likeness (QED) is 0.780. The Morgan fingerprint density at radius 1 is 1.12 bits per heavy atom. The molecule has 0 saturated carbocycles. The van der Waals surface area contributed by atoms with Gasteiger partial charge in [0, 0.05) is 12.6 Å². The van der Waals surface area contributed by atoms with Gasteiger partial charge < -0.3 is 4.74 Å². The molecule has 0 saturated heterocycles. The predicted octanol–water partition coefficient (Wildman–Crippen LogP) is 2.94. The van der Waals surface area contributed by atoms with E-state index in [4.69, 9.17) is 9.88 Å². The third-order valence-electron chi connectivity index (χ3n) is 4.11. The summed E-state index contributed by atoms with van der Waals surface area (Å²) < 4.78 is 41.2. The van der Waals surface area contributed by atoms with Gasteiger partial charge in [0.1, 0.15) is 18.2 Å². The molecule has 2 aromatic rings. The molecule has 0 aliphatic heterocycles. The van der Waals surface area contributed by atoms with Crippen molar-refractivity contribution in [3.05, 3.63) is 59.9 Å². The van der Waals surface area contributed by atoms with Gasteiger partial charge in [0.2, 0.25) is 10.0 Å². The van der Waals surface area contributed by atoms with E-state index in [-0.39, 0.29) is 16.8 Å². The van der Waals surface area contributed by atoms with Crippen molar-refractivity contribution in [3.63, 3.8) is 0 Å². The summed E-state index contributed by atoms with van der Waals surface area (Å²) in [5, 5.41) is 5.06. The van der Waals surface area contributed by atoms with Crippen LogP contribution >= 0.6 is 0 Å². The molecule has 1 unspecified atom stereocenters. The molecular weight excluding hydrogens is 343 g/mol. The lowest BCUT2D eigenvalue weighted by molar-refractivity contribution is 0.175. The van der Waals surface area contributed by atoms with Gasteiger partial charge in [0.25, 0.3) is 0 Å². The van der Waals surface area contributed by atoms with Gasteiger partial charge in [-0.05, 0) is 55.4 Å². The molecule has 1 atom stereocenters. The molecule has 2 N–H and O–H groups in total. The molecule has 0 aliphatic carbocycles. The largest absolute Gasteiger partial charge is 0.492 e. The van der Waals surface area contributed by atoms with E-state index in [1.165, 1.54) is 24.3 Å². The Labute approximate surface area is 148 Å². The molecule has 0 aliphatic rings. The second kappa shape index (κ2) is 8.42. The fourth-order valence-corrected chi connectivity index (χ4v) is 3.10. The highest BCUT2D eigenvalue weighted by Gasteiger charge is 2.14. The van der Waals surface area contributed by atoms with Crippen LogP contribution < -0.4 is 9.88 Å². The summed E-state index contributed by atoms with van der Waals surface area (Å²) in [6.07, 6.45) is 0. The molecule has 0 radical (unpaired) electrons. The average Bonchev–Trinajstić information content (AvgIpc) is 2.58. The first-order valence-electron chi connectivity index (χ1n) is 8.06. The molecule has 0 aromatic heterocycles. The van der Waals surface area contributed by atoms with E-state index < -0.39 is 10.0 Å². The van der Waals surface area contributed by atoms with Gasteiger partial charge >= 0.3 is 0 Å². The first kappa shape index (κ1) is 19.4. The fourth-order valence-electron chi connectivity index (χ4n) is 2.58. The monoisotopic (exact) mass is 366 g/mol. The lowest BCUT2D eigenvalue weighted by Gasteiger charge is -2.28. The second-order valence-corrected chi connectivity index (χ2v) is 7.28. The van der Waals surface area contributed by atoms with E-state index in [1.807, 2.05) is 0 Å². The predicted molar refractivity (Wildman–Crippen MR) is 95.4 cm³/mol. The van der Waals surface area contributed by atoms with Gasteiger partial charge in [-0.2, -0.15) is 0 Å². The highest BCUT2D eigenvalue weighted by molar-refractivity contribution is 7.89. The molecule has 0 spiro atoms. The van der Waals surface area contributed by atoms with Crippen molar-refractivity contribution in [2.24, 2.45) is 5.14 Å².